The molecule has 0 aliphatic rings. The van der Waals surface area contributed by atoms with E-state index in [1.54, 1.807) is 6.08 Å². The van der Waals surface area contributed by atoms with Gasteiger partial charge in [0.1, 0.15) is 0 Å². The highest BCUT2D eigenvalue weighted by Gasteiger charge is 2.15. The van der Waals surface area contributed by atoms with Gasteiger partial charge in [-0.1, -0.05) is 48.5 Å². The van der Waals surface area contributed by atoms with Crippen LogP contribution in [0.5, 0.6) is 0 Å². The van der Waals surface area contributed by atoms with Crippen molar-refractivity contribution in [3.8, 4) is 0 Å². The van der Waals surface area contributed by atoms with Crippen molar-refractivity contribution in [2.75, 3.05) is 10.6 Å². The van der Waals surface area contributed by atoms with Crippen LogP contribution in [-0.4, -0.2) is 17.1 Å². The fourth-order valence-electron chi connectivity index (χ4n) is 2.79. The zero-order valence-electron chi connectivity index (χ0n) is 17.0. The maximum Gasteiger partial charge on any atom is 0.248 e. The SMILES string of the molecule is Cc1cccc(NC(=O)C(C)Sc2cccc(NC(=O)/C=C/c3ccccc3)c2)c1. The summed E-state index contributed by atoms with van der Waals surface area (Å²) in [4.78, 5) is 25.6. The molecule has 0 aliphatic heterocycles. The molecule has 1 unspecified atom stereocenters. The van der Waals surface area contributed by atoms with E-state index in [1.807, 2.05) is 92.7 Å². The lowest BCUT2D eigenvalue weighted by molar-refractivity contribution is -0.115. The molecule has 2 amide bonds. The Bertz CT molecular complexity index is 1050. The maximum atomic E-state index is 12.5. The minimum Gasteiger partial charge on any atom is -0.325 e. The molecule has 152 valence electrons. The van der Waals surface area contributed by atoms with Crippen LogP contribution in [0.25, 0.3) is 6.08 Å². The molecular weight excluding hydrogens is 392 g/mol. The molecule has 3 rings (SSSR count). The highest BCUT2D eigenvalue weighted by Crippen LogP contribution is 2.26. The molecule has 0 saturated heterocycles. The number of hydrogen-bond donors (Lipinski definition) is 2. The maximum absolute atomic E-state index is 12.5. The van der Waals surface area contributed by atoms with E-state index in [4.69, 9.17) is 0 Å². The van der Waals surface area contributed by atoms with Crippen molar-refractivity contribution in [3.05, 3.63) is 96.1 Å². The normalized spacial score (nSPS) is 11.8. The van der Waals surface area contributed by atoms with Crippen LogP contribution in [0.15, 0.2) is 89.8 Å². The van der Waals surface area contributed by atoms with Crippen LogP contribution in [-0.2, 0) is 9.59 Å². The van der Waals surface area contributed by atoms with Gasteiger partial charge in [-0.2, -0.15) is 0 Å². The monoisotopic (exact) mass is 416 g/mol. The second-order valence-electron chi connectivity index (χ2n) is 6.88. The lowest BCUT2D eigenvalue weighted by Crippen LogP contribution is -2.22. The zero-order chi connectivity index (χ0) is 21.3. The number of carbonyl (C=O) groups excluding carboxylic acids is 2. The Labute approximate surface area is 181 Å². The molecule has 5 heteroatoms. The van der Waals surface area contributed by atoms with Gasteiger partial charge in [0, 0.05) is 22.3 Å². The summed E-state index contributed by atoms with van der Waals surface area (Å²) >= 11 is 1.45. The fraction of sp³-hybridized carbons (Fsp3) is 0.120. The summed E-state index contributed by atoms with van der Waals surface area (Å²) in [5.41, 5.74) is 3.54. The Morgan fingerprint density at radius 1 is 0.867 bits per heavy atom. The van der Waals surface area contributed by atoms with Crippen molar-refractivity contribution in [1.29, 1.82) is 0 Å². The second-order valence-corrected chi connectivity index (χ2v) is 8.29. The van der Waals surface area contributed by atoms with E-state index in [2.05, 4.69) is 10.6 Å². The first-order valence-corrected chi connectivity index (χ1v) is 10.6. The van der Waals surface area contributed by atoms with E-state index < -0.39 is 0 Å². The van der Waals surface area contributed by atoms with Crippen molar-refractivity contribution in [2.24, 2.45) is 0 Å². The molecule has 1 atom stereocenters. The third-order valence-corrected chi connectivity index (χ3v) is 5.39. The first-order valence-electron chi connectivity index (χ1n) is 9.68. The summed E-state index contributed by atoms with van der Waals surface area (Å²) in [6.07, 6.45) is 3.28. The quantitative estimate of drug-likeness (QED) is 0.380. The second kappa shape index (κ2) is 10.5. The van der Waals surface area contributed by atoms with Crippen molar-refractivity contribution in [1.82, 2.24) is 0 Å². The number of rotatable bonds is 7. The summed E-state index contributed by atoms with van der Waals surface area (Å²) < 4.78 is 0. The summed E-state index contributed by atoms with van der Waals surface area (Å²) in [5, 5.41) is 5.52. The predicted molar refractivity (Wildman–Crippen MR) is 126 cm³/mol. The number of anilines is 2. The van der Waals surface area contributed by atoms with Gasteiger partial charge in [0.05, 0.1) is 5.25 Å². The van der Waals surface area contributed by atoms with Gasteiger partial charge in [-0.05, 0) is 61.4 Å². The van der Waals surface area contributed by atoms with E-state index in [1.165, 1.54) is 17.8 Å². The molecule has 3 aromatic carbocycles. The molecule has 30 heavy (non-hydrogen) atoms. The average Bonchev–Trinajstić information content (AvgIpc) is 2.73. The van der Waals surface area contributed by atoms with Crippen molar-refractivity contribution in [2.45, 2.75) is 24.0 Å². The van der Waals surface area contributed by atoms with Crippen LogP contribution in [0.2, 0.25) is 0 Å². The Morgan fingerprint density at radius 3 is 2.30 bits per heavy atom. The van der Waals surface area contributed by atoms with Gasteiger partial charge >= 0.3 is 0 Å². The molecule has 2 N–H and O–H groups in total. The largest absolute Gasteiger partial charge is 0.325 e. The molecule has 0 spiro atoms. The third-order valence-electron chi connectivity index (χ3n) is 4.30. The number of nitrogens with one attached hydrogen (secondary N) is 2. The van der Waals surface area contributed by atoms with E-state index in [-0.39, 0.29) is 17.1 Å². The Morgan fingerprint density at radius 2 is 1.57 bits per heavy atom. The van der Waals surface area contributed by atoms with Crippen LogP contribution >= 0.6 is 11.8 Å². The van der Waals surface area contributed by atoms with Gasteiger partial charge < -0.3 is 10.6 Å². The minimum atomic E-state index is -0.283. The standard InChI is InChI=1S/C25H24N2O2S/c1-18-8-6-11-21(16-18)27-25(29)19(2)30-23-13-7-12-22(17-23)26-24(28)15-14-20-9-4-3-5-10-20/h3-17,19H,1-2H3,(H,26,28)(H,27,29)/b15-14+. The number of carbonyl (C=O) groups is 2. The number of aryl methyl sites for hydroxylation is 1. The van der Waals surface area contributed by atoms with Crippen molar-refractivity contribution < 1.29 is 9.59 Å². The number of benzene rings is 3. The fourth-order valence-corrected chi connectivity index (χ4v) is 3.72. The van der Waals surface area contributed by atoms with Crippen LogP contribution in [0.1, 0.15) is 18.1 Å². The molecule has 0 aromatic heterocycles. The Hall–Kier alpha value is -3.31. The van der Waals surface area contributed by atoms with Gasteiger partial charge in [0.15, 0.2) is 0 Å². The summed E-state index contributed by atoms with van der Waals surface area (Å²) in [5.74, 6) is -0.267. The number of hydrogen-bond acceptors (Lipinski definition) is 3. The number of thioether (sulfide) groups is 1. The molecule has 0 saturated carbocycles. The highest BCUT2D eigenvalue weighted by atomic mass is 32.2. The third kappa shape index (κ3) is 6.64. The van der Waals surface area contributed by atoms with Gasteiger partial charge in [-0.3, -0.25) is 9.59 Å². The van der Waals surface area contributed by atoms with Crippen LogP contribution in [0.3, 0.4) is 0 Å². The summed E-state index contributed by atoms with van der Waals surface area (Å²) in [7, 11) is 0. The van der Waals surface area contributed by atoms with Gasteiger partial charge in [0.2, 0.25) is 11.8 Å². The van der Waals surface area contributed by atoms with E-state index >= 15 is 0 Å². The molecule has 0 fully saturated rings. The molecule has 3 aromatic rings. The topological polar surface area (TPSA) is 58.2 Å². The highest BCUT2D eigenvalue weighted by molar-refractivity contribution is 8.00. The van der Waals surface area contributed by atoms with E-state index in [9.17, 15) is 9.59 Å². The van der Waals surface area contributed by atoms with E-state index in [0.29, 0.717) is 5.69 Å². The molecule has 0 aliphatic carbocycles. The smallest absolute Gasteiger partial charge is 0.248 e. The summed E-state index contributed by atoms with van der Waals surface area (Å²) in [6.45, 7) is 3.85. The van der Waals surface area contributed by atoms with Crippen LogP contribution in [0, 0.1) is 6.92 Å². The molecular formula is C25H24N2O2S. The Balaban J connectivity index is 1.57. The lowest BCUT2D eigenvalue weighted by atomic mass is 10.2. The first kappa shape index (κ1) is 21.4. The van der Waals surface area contributed by atoms with Crippen molar-refractivity contribution >= 4 is 41.0 Å². The van der Waals surface area contributed by atoms with E-state index in [0.717, 1.165) is 21.7 Å². The average molecular weight is 417 g/mol. The van der Waals surface area contributed by atoms with Crippen LogP contribution < -0.4 is 10.6 Å². The number of amides is 2. The van der Waals surface area contributed by atoms with Crippen molar-refractivity contribution in [3.63, 3.8) is 0 Å². The molecule has 0 heterocycles. The van der Waals surface area contributed by atoms with Gasteiger partial charge in [-0.15, -0.1) is 11.8 Å². The molecule has 0 radical (unpaired) electrons. The van der Waals surface area contributed by atoms with Crippen LogP contribution in [0.4, 0.5) is 11.4 Å². The van der Waals surface area contributed by atoms with Gasteiger partial charge in [-0.25, -0.2) is 0 Å². The van der Waals surface area contributed by atoms with Gasteiger partial charge in [0.25, 0.3) is 0 Å². The zero-order valence-corrected chi connectivity index (χ0v) is 17.8. The lowest BCUT2D eigenvalue weighted by Gasteiger charge is -2.13. The summed E-state index contributed by atoms with van der Waals surface area (Å²) in [6, 6.07) is 24.9. The first-order chi connectivity index (χ1) is 14.5. The predicted octanol–water partition coefficient (Wildman–Crippen LogP) is 5.77. The molecule has 0 bridgehead atoms. The Kier molecular flexibility index (Phi) is 7.46. The minimum absolute atomic E-state index is 0.0640. The molecule has 4 nitrogen and oxygen atoms in total.